The van der Waals surface area contributed by atoms with Crippen molar-refractivity contribution >= 4 is 16.8 Å². The summed E-state index contributed by atoms with van der Waals surface area (Å²) in [5.74, 6) is -0.0334. The van der Waals surface area contributed by atoms with Gasteiger partial charge in [-0.05, 0) is 56.4 Å². The summed E-state index contributed by atoms with van der Waals surface area (Å²) in [6.45, 7) is 5.56. The highest BCUT2D eigenvalue weighted by Gasteiger charge is 2.20. The van der Waals surface area contributed by atoms with E-state index in [1.54, 1.807) is 12.5 Å². The highest BCUT2D eigenvalue weighted by atomic mass is 16.5. The molecular weight excluding hydrogens is 352 g/mol. The molecule has 148 valence electrons. The molecule has 2 aromatic heterocycles. The number of rotatable bonds is 8. The second-order valence-corrected chi connectivity index (χ2v) is 7.28. The summed E-state index contributed by atoms with van der Waals surface area (Å²) in [5.41, 5.74) is 4.90. The Morgan fingerprint density at radius 2 is 2.14 bits per heavy atom. The first-order chi connectivity index (χ1) is 13.8. The molecule has 0 fully saturated rings. The lowest BCUT2D eigenvalue weighted by Crippen LogP contribution is -2.27. The van der Waals surface area contributed by atoms with E-state index in [2.05, 4.69) is 33.9 Å². The first kappa shape index (κ1) is 18.7. The third kappa shape index (κ3) is 3.83. The summed E-state index contributed by atoms with van der Waals surface area (Å²) in [5, 5.41) is 4.22. The van der Waals surface area contributed by atoms with Gasteiger partial charge < -0.3 is 19.2 Å². The molecule has 4 rings (SSSR count). The Labute approximate surface area is 165 Å². The van der Waals surface area contributed by atoms with Gasteiger partial charge in [-0.1, -0.05) is 0 Å². The van der Waals surface area contributed by atoms with Crippen LogP contribution in [-0.2, 0) is 30.7 Å². The Kier molecular flexibility index (Phi) is 5.76. The third-order valence-electron chi connectivity index (χ3n) is 5.54. The number of nitrogens with one attached hydrogen (secondary N) is 1. The Morgan fingerprint density at radius 1 is 1.25 bits per heavy atom. The molecule has 2 heterocycles. The lowest BCUT2D eigenvalue weighted by molar-refractivity contribution is 0.0908. The Morgan fingerprint density at radius 3 is 2.96 bits per heavy atom. The first-order valence-corrected chi connectivity index (χ1v) is 10.2. The van der Waals surface area contributed by atoms with Gasteiger partial charge in [0.05, 0.1) is 19.5 Å². The van der Waals surface area contributed by atoms with Gasteiger partial charge in [0, 0.05) is 54.2 Å². The van der Waals surface area contributed by atoms with Gasteiger partial charge in [0.2, 0.25) is 0 Å². The zero-order valence-electron chi connectivity index (χ0n) is 16.5. The van der Waals surface area contributed by atoms with Crippen molar-refractivity contribution in [3.8, 4) is 0 Å². The summed E-state index contributed by atoms with van der Waals surface area (Å²) in [7, 11) is 0. The van der Waals surface area contributed by atoms with E-state index in [0.29, 0.717) is 19.8 Å². The quantitative estimate of drug-likeness (QED) is 0.611. The number of carbonyl (C=O) groups excluding carboxylic acids is 1. The summed E-state index contributed by atoms with van der Waals surface area (Å²) < 4.78 is 9.97. The fourth-order valence-corrected chi connectivity index (χ4v) is 4.17. The standard InChI is InChI=1S/C22H28N4O2/c1-2-26-20-6-4-3-5-18(20)19-15-17(7-8-21(19)26)22(27)24-10-13-28-14-12-25-11-9-23-16-25/h7-9,11,15-16H,2-6,10,12-14H2,1H3,(H,24,27). The normalized spacial score (nSPS) is 13.6. The fourth-order valence-electron chi connectivity index (χ4n) is 4.17. The van der Waals surface area contributed by atoms with E-state index in [1.807, 2.05) is 16.8 Å². The van der Waals surface area contributed by atoms with Gasteiger partial charge >= 0.3 is 0 Å². The van der Waals surface area contributed by atoms with E-state index in [9.17, 15) is 4.79 Å². The monoisotopic (exact) mass is 380 g/mol. The van der Waals surface area contributed by atoms with Crippen LogP contribution in [-0.4, -0.2) is 39.8 Å². The SMILES string of the molecule is CCn1c2c(c3cc(C(=O)NCCOCCn4ccnc4)ccc31)CCCC2. The number of ether oxygens (including phenoxy) is 1. The second-order valence-electron chi connectivity index (χ2n) is 7.28. The highest BCUT2D eigenvalue weighted by molar-refractivity contribution is 5.99. The number of aryl methyl sites for hydroxylation is 2. The van der Waals surface area contributed by atoms with E-state index in [1.165, 1.54) is 35.0 Å². The molecule has 1 aliphatic carbocycles. The van der Waals surface area contributed by atoms with Crippen molar-refractivity contribution in [3.05, 3.63) is 53.7 Å². The molecule has 0 saturated heterocycles. The van der Waals surface area contributed by atoms with Gasteiger partial charge in [-0.2, -0.15) is 0 Å². The Balaban J connectivity index is 1.35. The molecule has 28 heavy (non-hydrogen) atoms. The van der Waals surface area contributed by atoms with Crippen LogP contribution in [0.15, 0.2) is 36.9 Å². The van der Waals surface area contributed by atoms with Crippen LogP contribution in [0.5, 0.6) is 0 Å². The van der Waals surface area contributed by atoms with Crippen LogP contribution >= 0.6 is 0 Å². The second kappa shape index (κ2) is 8.61. The molecule has 6 heteroatoms. The Bertz CT molecular complexity index is 943. The van der Waals surface area contributed by atoms with Gasteiger partial charge in [-0.25, -0.2) is 4.98 Å². The Hall–Kier alpha value is -2.60. The molecule has 1 aliphatic rings. The minimum absolute atomic E-state index is 0.0334. The zero-order chi connectivity index (χ0) is 19.3. The number of aromatic nitrogens is 3. The van der Waals surface area contributed by atoms with Gasteiger partial charge in [0.25, 0.3) is 5.91 Å². The molecule has 1 N–H and O–H groups in total. The molecular formula is C22H28N4O2. The predicted molar refractivity (Wildman–Crippen MR) is 110 cm³/mol. The molecule has 3 aromatic rings. The van der Waals surface area contributed by atoms with E-state index >= 15 is 0 Å². The number of nitrogens with zero attached hydrogens (tertiary/aromatic N) is 3. The van der Waals surface area contributed by atoms with Crippen molar-refractivity contribution in [3.63, 3.8) is 0 Å². The maximum atomic E-state index is 12.6. The van der Waals surface area contributed by atoms with Crippen LogP contribution in [0.4, 0.5) is 0 Å². The van der Waals surface area contributed by atoms with Gasteiger partial charge in [0.1, 0.15) is 0 Å². The van der Waals surface area contributed by atoms with Crippen molar-refractivity contribution in [1.82, 2.24) is 19.4 Å². The number of carbonyl (C=O) groups is 1. The lowest BCUT2D eigenvalue weighted by atomic mass is 9.95. The van der Waals surface area contributed by atoms with Crippen LogP contribution < -0.4 is 5.32 Å². The molecule has 0 atom stereocenters. The topological polar surface area (TPSA) is 61.1 Å². The number of hydrogen-bond donors (Lipinski definition) is 1. The van der Waals surface area contributed by atoms with E-state index < -0.39 is 0 Å². The minimum Gasteiger partial charge on any atom is -0.378 e. The van der Waals surface area contributed by atoms with E-state index in [0.717, 1.165) is 31.5 Å². The molecule has 0 spiro atoms. The van der Waals surface area contributed by atoms with Crippen LogP contribution in [0.3, 0.4) is 0 Å². The van der Waals surface area contributed by atoms with Crippen molar-refractivity contribution in [2.75, 3.05) is 19.8 Å². The summed E-state index contributed by atoms with van der Waals surface area (Å²) in [6.07, 6.45) is 10.2. The minimum atomic E-state index is -0.0334. The molecule has 1 amide bonds. The zero-order valence-corrected chi connectivity index (χ0v) is 16.5. The number of fused-ring (bicyclic) bond motifs is 3. The van der Waals surface area contributed by atoms with Gasteiger partial charge in [-0.15, -0.1) is 0 Å². The van der Waals surface area contributed by atoms with Gasteiger partial charge in [-0.3, -0.25) is 4.79 Å². The number of hydrogen-bond acceptors (Lipinski definition) is 3. The third-order valence-corrected chi connectivity index (χ3v) is 5.54. The van der Waals surface area contributed by atoms with Crippen LogP contribution in [0.2, 0.25) is 0 Å². The summed E-state index contributed by atoms with van der Waals surface area (Å²) >= 11 is 0. The predicted octanol–water partition coefficient (Wildman–Crippen LogP) is 3.18. The average molecular weight is 380 g/mol. The maximum absolute atomic E-state index is 12.6. The molecule has 0 saturated carbocycles. The summed E-state index contributed by atoms with van der Waals surface area (Å²) in [4.78, 5) is 16.6. The molecule has 1 aromatic carbocycles. The maximum Gasteiger partial charge on any atom is 0.251 e. The van der Waals surface area contributed by atoms with E-state index in [-0.39, 0.29) is 5.91 Å². The average Bonchev–Trinajstić information content (AvgIpc) is 3.35. The van der Waals surface area contributed by atoms with Crippen LogP contribution in [0.1, 0.15) is 41.4 Å². The summed E-state index contributed by atoms with van der Waals surface area (Å²) in [6, 6.07) is 6.11. The molecule has 0 unspecified atom stereocenters. The van der Waals surface area contributed by atoms with E-state index in [4.69, 9.17) is 4.74 Å². The largest absolute Gasteiger partial charge is 0.378 e. The lowest BCUT2D eigenvalue weighted by Gasteiger charge is -2.14. The van der Waals surface area contributed by atoms with Gasteiger partial charge in [0.15, 0.2) is 0 Å². The van der Waals surface area contributed by atoms with Crippen LogP contribution in [0, 0.1) is 0 Å². The molecule has 6 nitrogen and oxygen atoms in total. The van der Waals surface area contributed by atoms with Crippen LogP contribution in [0.25, 0.3) is 10.9 Å². The number of benzene rings is 1. The number of imidazole rings is 1. The molecule has 0 radical (unpaired) electrons. The highest BCUT2D eigenvalue weighted by Crippen LogP contribution is 2.32. The van der Waals surface area contributed by atoms with Crippen molar-refractivity contribution in [2.24, 2.45) is 0 Å². The number of amides is 1. The van der Waals surface area contributed by atoms with Crippen molar-refractivity contribution < 1.29 is 9.53 Å². The fraction of sp³-hybridized carbons (Fsp3) is 0.455. The van der Waals surface area contributed by atoms with Crippen molar-refractivity contribution in [2.45, 2.75) is 45.7 Å². The first-order valence-electron chi connectivity index (χ1n) is 10.2. The van der Waals surface area contributed by atoms with Crippen molar-refractivity contribution in [1.29, 1.82) is 0 Å². The molecule has 0 aliphatic heterocycles. The smallest absolute Gasteiger partial charge is 0.251 e. The molecule has 0 bridgehead atoms.